The molecule has 0 aliphatic carbocycles. The van der Waals surface area contributed by atoms with Gasteiger partial charge in [0.2, 0.25) is 0 Å². The summed E-state index contributed by atoms with van der Waals surface area (Å²) in [4.78, 5) is 0. The second-order valence-corrected chi connectivity index (χ2v) is 5.55. The van der Waals surface area contributed by atoms with E-state index in [2.05, 4.69) is 4.31 Å². The first-order valence-electron chi connectivity index (χ1n) is 3.30. The maximum absolute atomic E-state index is 10.8. The van der Waals surface area contributed by atoms with Crippen LogP contribution in [0.5, 0.6) is 0 Å². The minimum absolute atomic E-state index is 0.274. The number of rotatable bonds is 1. The van der Waals surface area contributed by atoms with E-state index in [4.69, 9.17) is 9.05 Å². The smallest absolute Gasteiger partial charge is 0.280 e. The Morgan fingerprint density at radius 2 is 1.50 bits per heavy atom. The Hall–Kier alpha value is 0.300. The summed E-state index contributed by atoms with van der Waals surface area (Å²) in [5, 5.41) is 0. The molecule has 1 heterocycles. The Morgan fingerprint density at radius 3 is 1.83 bits per heavy atom. The van der Waals surface area contributed by atoms with Crippen LogP contribution in [0.15, 0.2) is 0 Å². The SMILES string of the molecule is C[N+](C)(C)C1O[PH](=O)O[PH](=O)O1. The fraction of sp³-hybridized carbons (Fsp3) is 1.00. The minimum Gasteiger partial charge on any atom is -0.280 e. The third-order valence-corrected chi connectivity index (χ3v) is 3.31. The molecule has 0 aromatic heterocycles. The number of hydrogen-bond acceptors (Lipinski definition) is 5. The molecule has 0 bridgehead atoms. The zero-order valence-electron chi connectivity index (χ0n) is 7.07. The largest absolute Gasteiger partial charge is 0.332 e. The molecule has 8 heteroatoms. The summed E-state index contributed by atoms with van der Waals surface area (Å²) in [7, 11) is 0.0738. The lowest BCUT2D eigenvalue weighted by molar-refractivity contribution is -0.936. The van der Waals surface area contributed by atoms with Crippen molar-refractivity contribution in [2.75, 3.05) is 21.1 Å². The summed E-state index contributed by atoms with van der Waals surface area (Å²) in [6.45, 7) is 0. The highest BCUT2D eigenvalue weighted by Crippen LogP contribution is 2.48. The van der Waals surface area contributed by atoms with Gasteiger partial charge in [0.25, 0.3) is 0 Å². The fourth-order valence-corrected chi connectivity index (χ4v) is 2.70. The van der Waals surface area contributed by atoms with E-state index in [1.165, 1.54) is 0 Å². The molecule has 1 aliphatic rings. The van der Waals surface area contributed by atoms with Crippen LogP contribution in [-0.4, -0.2) is 32.0 Å². The zero-order valence-corrected chi connectivity index (χ0v) is 9.07. The molecule has 6 nitrogen and oxygen atoms in total. The molecule has 1 aliphatic heterocycles. The summed E-state index contributed by atoms with van der Waals surface area (Å²) in [5.41, 5.74) is 0. The van der Waals surface area contributed by atoms with Gasteiger partial charge >= 0.3 is 22.9 Å². The number of hydrogen-bond donors (Lipinski definition) is 0. The summed E-state index contributed by atoms with van der Waals surface area (Å²) in [6, 6.07) is 0. The minimum atomic E-state index is -2.63. The topological polar surface area (TPSA) is 61.8 Å². The summed E-state index contributed by atoms with van der Waals surface area (Å²) < 4.78 is 35.9. The molecule has 0 aromatic rings. The maximum Gasteiger partial charge on any atom is 0.332 e. The van der Waals surface area contributed by atoms with E-state index in [9.17, 15) is 9.13 Å². The first-order valence-corrected chi connectivity index (χ1v) is 5.75. The van der Waals surface area contributed by atoms with Gasteiger partial charge in [0.15, 0.2) is 0 Å². The van der Waals surface area contributed by atoms with Crippen LogP contribution in [0.4, 0.5) is 0 Å². The first kappa shape index (κ1) is 10.4. The van der Waals surface area contributed by atoms with Crippen molar-refractivity contribution >= 4 is 16.5 Å². The lowest BCUT2D eigenvalue weighted by Crippen LogP contribution is -2.47. The Balaban J connectivity index is 2.68. The Labute approximate surface area is 71.9 Å². The third kappa shape index (κ3) is 2.66. The van der Waals surface area contributed by atoms with Crippen molar-refractivity contribution in [1.29, 1.82) is 0 Å². The van der Waals surface area contributed by atoms with Gasteiger partial charge in [-0.1, -0.05) is 0 Å². The molecule has 0 radical (unpaired) electrons. The van der Waals surface area contributed by atoms with Crippen LogP contribution >= 0.6 is 16.5 Å². The monoisotopic (exact) mass is 216 g/mol. The molecule has 0 N–H and O–H groups in total. The van der Waals surface area contributed by atoms with E-state index < -0.39 is 22.9 Å². The molecule has 1 rings (SSSR count). The second-order valence-electron chi connectivity index (χ2n) is 3.26. The number of nitrogens with zero attached hydrogens (tertiary/aromatic N) is 1. The molecule has 0 aromatic carbocycles. The van der Waals surface area contributed by atoms with Gasteiger partial charge in [-0.2, -0.15) is 0 Å². The predicted octanol–water partition coefficient (Wildman–Crippen LogP) is 0.819. The summed E-state index contributed by atoms with van der Waals surface area (Å²) in [5.74, 6) is 0. The van der Waals surface area contributed by atoms with E-state index in [0.29, 0.717) is 0 Å². The van der Waals surface area contributed by atoms with Crippen molar-refractivity contribution in [1.82, 2.24) is 0 Å². The highest BCUT2D eigenvalue weighted by molar-refractivity contribution is 7.48. The van der Waals surface area contributed by atoms with Gasteiger partial charge in [0, 0.05) is 0 Å². The van der Waals surface area contributed by atoms with Gasteiger partial charge in [-0.05, 0) is 0 Å². The number of quaternary nitrogens is 1. The molecule has 2 unspecified atom stereocenters. The van der Waals surface area contributed by atoms with Gasteiger partial charge < -0.3 is 0 Å². The highest BCUT2D eigenvalue weighted by atomic mass is 31.2. The van der Waals surface area contributed by atoms with Crippen molar-refractivity contribution in [3.05, 3.63) is 0 Å². The predicted molar refractivity (Wildman–Crippen MR) is 43.1 cm³/mol. The molecular formula is C4H12NO5P2+. The van der Waals surface area contributed by atoms with Crippen LogP contribution in [-0.2, 0) is 22.5 Å². The van der Waals surface area contributed by atoms with E-state index >= 15 is 0 Å². The molecule has 1 fully saturated rings. The van der Waals surface area contributed by atoms with E-state index in [1.54, 1.807) is 21.1 Å². The summed E-state index contributed by atoms with van der Waals surface area (Å²) >= 11 is 0. The standard InChI is InChI=1S/C4H12NO5P2/c1-5(2,3)4-8-11(6)10-12(7)9-4/h4,11-12H,1-3H3/q+1. The second kappa shape index (κ2) is 3.58. The molecule has 1 saturated heterocycles. The molecule has 0 spiro atoms. The van der Waals surface area contributed by atoms with Crippen molar-refractivity contribution in [3.8, 4) is 0 Å². The quantitative estimate of drug-likeness (QED) is 0.479. The average molecular weight is 216 g/mol. The van der Waals surface area contributed by atoms with Crippen molar-refractivity contribution in [3.63, 3.8) is 0 Å². The van der Waals surface area contributed by atoms with E-state index in [1.807, 2.05) is 0 Å². The molecule has 0 saturated carbocycles. The molecule has 0 amide bonds. The van der Waals surface area contributed by atoms with Crippen molar-refractivity contribution in [2.24, 2.45) is 0 Å². The maximum atomic E-state index is 10.8. The van der Waals surface area contributed by atoms with E-state index in [0.717, 1.165) is 0 Å². The Bertz CT molecular complexity index is 208. The molecule has 2 atom stereocenters. The first-order chi connectivity index (χ1) is 5.39. The van der Waals surface area contributed by atoms with Crippen molar-refractivity contribution < 1.29 is 27.0 Å². The lowest BCUT2D eigenvalue weighted by atomic mass is 10.7. The summed E-state index contributed by atoms with van der Waals surface area (Å²) in [6.07, 6.45) is -0.767. The van der Waals surface area contributed by atoms with Crippen LogP contribution in [0, 0.1) is 0 Å². The average Bonchev–Trinajstić information content (AvgIpc) is 1.82. The lowest BCUT2D eigenvalue weighted by Gasteiger charge is -2.33. The molecular weight excluding hydrogens is 204 g/mol. The third-order valence-electron chi connectivity index (χ3n) is 1.19. The Morgan fingerprint density at radius 1 is 1.08 bits per heavy atom. The van der Waals surface area contributed by atoms with Gasteiger partial charge in [0.1, 0.15) is 0 Å². The molecule has 12 heavy (non-hydrogen) atoms. The fourth-order valence-electron chi connectivity index (χ4n) is 0.621. The van der Waals surface area contributed by atoms with Gasteiger partial charge in [0.05, 0.1) is 21.1 Å². The molecule has 72 valence electrons. The van der Waals surface area contributed by atoms with Crippen LogP contribution in [0.2, 0.25) is 0 Å². The van der Waals surface area contributed by atoms with Crippen LogP contribution in [0.25, 0.3) is 0 Å². The normalized spacial score (nSPS) is 38.1. The van der Waals surface area contributed by atoms with Crippen LogP contribution < -0.4 is 0 Å². The Kier molecular flexibility index (Phi) is 3.10. The van der Waals surface area contributed by atoms with E-state index in [-0.39, 0.29) is 4.48 Å². The van der Waals surface area contributed by atoms with Gasteiger partial charge in [-0.3, -0.25) is 13.6 Å². The van der Waals surface area contributed by atoms with Crippen LogP contribution in [0.1, 0.15) is 0 Å². The zero-order chi connectivity index (χ0) is 9.35. The van der Waals surface area contributed by atoms with Crippen LogP contribution in [0.3, 0.4) is 0 Å². The van der Waals surface area contributed by atoms with Gasteiger partial charge in [-0.15, -0.1) is 0 Å². The van der Waals surface area contributed by atoms with Gasteiger partial charge in [-0.25, -0.2) is 13.4 Å². The van der Waals surface area contributed by atoms with Crippen molar-refractivity contribution in [2.45, 2.75) is 6.41 Å². The highest BCUT2D eigenvalue weighted by Gasteiger charge is 2.35.